The SMILES string of the molecule is CCCCCCCCCC/C=C\CCCCCCCCCCCCCCCCCCCCCCCC(=O)NC(COC1OC(CO)C(OC2OC(CO)C(OC3OC(CO)C(O)C(O)C3O)C(O)C2O)C(O)C1O)C(O)CCCCCCCCCCCCCCCCCCCCCC. The molecule has 19 nitrogen and oxygen atoms in total. The Morgan fingerprint density at radius 2 is 0.643 bits per heavy atom. The lowest BCUT2D eigenvalue weighted by Gasteiger charge is -2.48. The maximum absolute atomic E-state index is 13.5. The summed E-state index contributed by atoms with van der Waals surface area (Å²) in [6.45, 7) is 1.86. The van der Waals surface area contributed by atoms with Crippen LogP contribution < -0.4 is 5.32 Å². The number of amides is 1. The molecule has 17 atom stereocenters. The number of rotatable bonds is 66. The van der Waals surface area contributed by atoms with E-state index in [0.29, 0.717) is 12.8 Å². The lowest BCUT2D eigenvalue weighted by Crippen LogP contribution is -2.66. The molecule has 12 N–H and O–H groups in total. The second kappa shape index (κ2) is 60.8. The highest BCUT2D eigenvalue weighted by Gasteiger charge is 2.54. The van der Waals surface area contributed by atoms with Crippen LogP contribution >= 0.6 is 0 Å². The van der Waals surface area contributed by atoms with E-state index in [1.165, 1.54) is 276 Å². The van der Waals surface area contributed by atoms with Gasteiger partial charge in [-0.3, -0.25) is 4.79 Å². The first-order chi connectivity index (χ1) is 47.8. The van der Waals surface area contributed by atoms with Gasteiger partial charge in [-0.05, 0) is 38.5 Å². The highest BCUT2D eigenvalue weighted by Crippen LogP contribution is 2.33. The summed E-state index contributed by atoms with van der Waals surface area (Å²) in [5.74, 6) is -0.234. The van der Waals surface area contributed by atoms with E-state index in [-0.39, 0.29) is 18.9 Å². The van der Waals surface area contributed by atoms with E-state index in [9.17, 15) is 61.0 Å². The molecule has 1 amide bonds. The van der Waals surface area contributed by atoms with E-state index >= 15 is 0 Å². The first kappa shape index (κ1) is 90.7. The standard InChI is InChI=1S/C79H151NO18/c1-3-5-7-9-11-13-15-17-19-21-23-25-26-27-28-29-30-31-32-33-34-35-36-37-39-41-43-45-47-49-51-53-55-57-67(85)80-62(63(84)56-54-52-50-48-46-44-42-40-38-24-22-20-18-16-14-12-10-8-6-4-2)61-93-77-73(91)70(88)75(65(59-82)95-77)98-79-74(92)71(89)76(66(60-83)96-79)97-78-72(90)69(87)68(86)64(58-81)94-78/h21,23,62-66,68-79,81-84,86-92H,3-20,22,24-61H2,1-2H3,(H,80,85)/b23-21-. The molecule has 580 valence electrons. The molecule has 3 aliphatic rings. The topological polar surface area (TPSA) is 307 Å². The third-order valence-corrected chi connectivity index (χ3v) is 20.8. The highest BCUT2D eigenvalue weighted by atomic mass is 16.8. The summed E-state index contributed by atoms with van der Waals surface area (Å²) >= 11 is 0. The van der Waals surface area contributed by atoms with Gasteiger partial charge in [0.2, 0.25) is 5.91 Å². The Kier molecular flexibility index (Phi) is 56.3. The monoisotopic (exact) mass is 1400 g/mol. The minimum Gasteiger partial charge on any atom is -0.394 e. The number of hydrogen-bond donors (Lipinski definition) is 12. The molecule has 3 rings (SSSR count). The summed E-state index contributed by atoms with van der Waals surface area (Å²) in [7, 11) is 0. The zero-order valence-electron chi connectivity index (χ0n) is 62.1. The Labute approximate surface area is 595 Å². The number of allylic oxidation sites excluding steroid dienone is 2. The highest BCUT2D eigenvalue weighted by molar-refractivity contribution is 5.76. The molecule has 3 aliphatic heterocycles. The molecule has 98 heavy (non-hydrogen) atoms. The van der Waals surface area contributed by atoms with Gasteiger partial charge in [-0.1, -0.05) is 321 Å². The summed E-state index contributed by atoms with van der Waals surface area (Å²) in [5.41, 5.74) is 0. The van der Waals surface area contributed by atoms with Crippen molar-refractivity contribution in [2.45, 2.75) is 458 Å². The van der Waals surface area contributed by atoms with E-state index in [4.69, 9.17) is 28.4 Å². The number of carbonyl (C=O) groups is 1. The quantitative estimate of drug-likeness (QED) is 0.0199. The van der Waals surface area contributed by atoms with Crippen molar-refractivity contribution < 1.29 is 89.4 Å². The normalized spacial score (nSPS) is 26.7. The Hall–Kier alpha value is -1.47. The minimum atomic E-state index is -1.97. The summed E-state index contributed by atoms with van der Waals surface area (Å²) in [6, 6.07) is -0.884. The van der Waals surface area contributed by atoms with Gasteiger partial charge in [0.15, 0.2) is 18.9 Å². The molecule has 3 heterocycles. The Morgan fingerprint density at radius 1 is 0.357 bits per heavy atom. The number of nitrogens with one attached hydrogen (secondary N) is 1. The molecule has 17 unspecified atom stereocenters. The van der Waals surface area contributed by atoms with Crippen molar-refractivity contribution in [2.75, 3.05) is 26.4 Å². The molecule has 0 aromatic heterocycles. The van der Waals surface area contributed by atoms with Crippen LogP contribution in [0.25, 0.3) is 0 Å². The Bertz CT molecular complexity index is 1820. The van der Waals surface area contributed by atoms with Gasteiger partial charge in [0, 0.05) is 6.42 Å². The Balaban J connectivity index is 1.34. The number of aliphatic hydroxyl groups is 11. The molecular formula is C79H151NO18. The lowest BCUT2D eigenvalue weighted by atomic mass is 9.96. The number of unbranched alkanes of at least 4 members (excludes halogenated alkanes) is 48. The van der Waals surface area contributed by atoms with Crippen LogP contribution in [-0.2, 0) is 33.2 Å². The van der Waals surface area contributed by atoms with Crippen LogP contribution in [0.2, 0.25) is 0 Å². The van der Waals surface area contributed by atoms with Crippen LogP contribution in [0, 0.1) is 0 Å². The van der Waals surface area contributed by atoms with Crippen molar-refractivity contribution in [3.8, 4) is 0 Å². The van der Waals surface area contributed by atoms with Crippen molar-refractivity contribution in [3.05, 3.63) is 12.2 Å². The molecule has 19 heteroatoms. The van der Waals surface area contributed by atoms with Gasteiger partial charge >= 0.3 is 0 Å². The molecule has 0 spiro atoms. The fraction of sp³-hybridized carbons (Fsp3) is 0.962. The number of aliphatic hydroxyl groups excluding tert-OH is 11. The average molecular weight is 1400 g/mol. The summed E-state index contributed by atoms with van der Waals surface area (Å²) in [6.07, 6.45) is 44.5. The summed E-state index contributed by atoms with van der Waals surface area (Å²) in [5, 5.41) is 121. The fourth-order valence-electron chi connectivity index (χ4n) is 14.3. The van der Waals surface area contributed by atoms with Gasteiger partial charge in [-0.25, -0.2) is 0 Å². The molecule has 3 saturated heterocycles. The van der Waals surface area contributed by atoms with E-state index in [2.05, 4.69) is 31.3 Å². The maximum atomic E-state index is 13.5. The zero-order valence-corrected chi connectivity index (χ0v) is 62.1. The van der Waals surface area contributed by atoms with Gasteiger partial charge in [0.05, 0.1) is 38.6 Å². The van der Waals surface area contributed by atoms with Crippen LogP contribution in [0.5, 0.6) is 0 Å². The molecule has 3 fully saturated rings. The zero-order chi connectivity index (χ0) is 71.1. The lowest BCUT2D eigenvalue weighted by molar-refractivity contribution is -0.379. The second-order valence-electron chi connectivity index (χ2n) is 29.6. The first-order valence-electron chi connectivity index (χ1n) is 40.9. The average Bonchev–Trinajstić information content (AvgIpc) is 0.782. The smallest absolute Gasteiger partial charge is 0.220 e. The van der Waals surface area contributed by atoms with Crippen molar-refractivity contribution in [2.24, 2.45) is 0 Å². The maximum Gasteiger partial charge on any atom is 0.220 e. The Morgan fingerprint density at radius 3 is 0.990 bits per heavy atom. The van der Waals surface area contributed by atoms with E-state index in [1.807, 2.05) is 0 Å². The first-order valence-corrected chi connectivity index (χ1v) is 40.9. The van der Waals surface area contributed by atoms with Crippen molar-refractivity contribution in [1.29, 1.82) is 0 Å². The van der Waals surface area contributed by atoms with Crippen molar-refractivity contribution >= 4 is 5.91 Å². The van der Waals surface area contributed by atoms with Gasteiger partial charge in [0.1, 0.15) is 73.2 Å². The molecule has 0 aliphatic carbocycles. The van der Waals surface area contributed by atoms with E-state index in [0.717, 1.165) is 44.9 Å². The molecule has 0 aromatic rings. The predicted octanol–water partition coefficient (Wildman–Crippen LogP) is 13.6. The number of carbonyl (C=O) groups excluding carboxylic acids is 1. The van der Waals surface area contributed by atoms with Crippen LogP contribution in [0.1, 0.15) is 354 Å². The molecule has 0 bridgehead atoms. The number of hydrogen-bond acceptors (Lipinski definition) is 18. The fourth-order valence-corrected chi connectivity index (χ4v) is 14.3. The largest absolute Gasteiger partial charge is 0.394 e. The van der Waals surface area contributed by atoms with E-state index in [1.54, 1.807) is 0 Å². The molecule has 0 aromatic carbocycles. The third kappa shape index (κ3) is 40.7. The van der Waals surface area contributed by atoms with Crippen LogP contribution in [0.15, 0.2) is 12.2 Å². The van der Waals surface area contributed by atoms with Crippen LogP contribution in [-0.4, -0.2) is 193 Å². The van der Waals surface area contributed by atoms with Gasteiger partial charge < -0.3 is 89.9 Å². The van der Waals surface area contributed by atoms with Gasteiger partial charge in [-0.2, -0.15) is 0 Å². The van der Waals surface area contributed by atoms with Crippen molar-refractivity contribution in [1.82, 2.24) is 5.32 Å². The molecular weight excluding hydrogens is 1250 g/mol. The summed E-state index contributed by atoms with van der Waals surface area (Å²) < 4.78 is 34.5. The van der Waals surface area contributed by atoms with Crippen molar-refractivity contribution in [3.63, 3.8) is 0 Å². The second-order valence-corrected chi connectivity index (χ2v) is 29.6. The van der Waals surface area contributed by atoms with Crippen LogP contribution in [0.3, 0.4) is 0 Å². The van der Waals surface area contributed by atoms with Gasteiger partial charge in [-0.15, -0.1) is 0 Å². The third-order valence-electron chi connectivity index (χ3n) is 20.8. The minimum absolute atomic E-state index is 0.234. The predicted molar refractivity (Wildman–Crippen MR) is 388 cm³/mol. The summed E-state index contributed by atoms with van der Waals surface area (Å²) in [4.78, 5) is 13.5. The molecule has 0 saturated carbocycles. The number of ether oxygens (including phenoxy) is 6. The van der Waals surface area contributed by atoms with Crippen LogP contribution in [0.4, 0.5) is 0 Å². The van der Waals surface area contributed by atoms with Gasteiger partial charge in [0.25, 0.3) is 0 Å². The molecule has 0 radical (unpaired) electrons. The van der Waals surface area contributed by atoms with E-state index < -0.39 is 124 Å².